The lowest BCUT2D eigenvalue weighted by Gasteiger charge is -2.05. The number of rotatable bonds is 12. The SMILES string of the molecule is CCN=C/C(C)=C(\C)CCCCCCCCCOC. The highest BCUT2D eigenvalue weighted by molar-refractivity contribution is 5.78. The van der Waals surface area contributed by atoms with Gasteiger partial charge < -0.3 is 4.74 Å². The molecule has 0 fully saturated rings. The van der Waals surface area contributed by atoms with Crippen molar-refractivity contribution in [1.82, 2.24) is 0 Å². The molecule has 0 atom stereocenters. The molecule has 0 aromatic heterocycles. The largest absolute Gasteiger partial charge is 0.385 e. The van der Waals surface area contributed by atoms with Crippen molar-refractivity contribution >= 4 is 6.21 Å². The van der Waals surface area contributed by atoms with Gasteiger partial charge in [0.2, 0.25) is 0 Å². The Bertz CT molecular complexity index is 256. The van der Waals surface area contributed by atoms with Crippen molar-refractivity contribution < 1.29 is 4.74 Å². The summed E-state index contributed by atoms with van der Waals surface area (Å²) >= 11 is 0. The minimum atomic E-state index is 0.883. The molecule has 0 saturated heterocycles. The molecule has 0 aliphatic rings. The van der Waals surface area contributed by atoms with E-state index in [1.165, 1.54) is 62.5 Å². The number of ether oxygens (including phenoxy) is 1. The Morgan fingerprint density at radius 2 is 1.53 bits per heavy atom. The summed E-state index contributed by atoms with van der Waals surface area (Å²) in [4.78, 5) is 4.29. The predicted octanol–water partition coefficient (Wildman–Crippen LogP) is 5.18. The van der Waals surface area contributed by atoms with Crippen LogP contribution in [0.1, 0.15) is 72.1 Å². The lowest BCUT2D eigenvalue weighted by molar-refractivity contribution is 0.192. The summed E-state index contributed by atoms with van der Waals surface area (Å²) in [7, 11) is 1.78. The van der Waals surface area contributed by atoms with Crippen LogP contribution in [0, 0.1) is 0 Å². The molecule has 0 aliphatic heterocycles. The summed E-state index contributed by atoms with van der Waals surface area (Å²) in [5, 5.41) is 0. The van der Waals surface area contributed by atoms with E-state index in [0.29, 0.717) is 0 Å². The Morgan fingerprint density at radius 3 is 2.11 bits per heavy atom. The molecule has 0 N–H and O–H groups in total. The van der Waals surface area contributed by atoms with Gasteiger partial charge in [-0.3, -0.25) is 4.99 Å². The van der Waals surface area contributed by atoms with Crippen molar-refractivity contribution in [2.45, 2.75) is 72.1 Å². The standard InChI is InChI=1S/C17H33NO/c1-5-18-15-17(3)16(2)13-11-9-7-6-8-10-12-14-19-4/h15H,5-14H2,1-4H3/b17-16+,18-15?. The van der Waals surface area contributed by atoms with E-state index < -0.39 is 0 Å². The maximum absolute atomic E-state index is 5.05. The molecule has 2 nitrogen and oxygen atoms in total. The minimum Gasteiger partial charge on any atom is -0.385 e. The zero-order valence-corrected chi connectivity index (χ0v) is 13.5. The fourth-order valence-electron chi connectivity index (χ4n) is 2.06. The van der Waals surface area contributed by atoms with Crippen molar-refractivity contribution in [3.8, 4) is 0 Å². The van der Waals surface area contributed by atoms with Gasteiger partial charge in [0, 0.05) is 26.5 Å². The molecule has 0 rings (SSSR count). The van der Waals surface area contributed by atoms with E-state index in [1.807, 2.05) is 6.21 Å². The van der Waals surface area contributed by atoms with Crippen LogP contribution in [0.4, 0.5) is 0 Å². The first-order chi connectivity index (χ1) is 9.22. The molecular weight excluding hydrogens is 234 g/mol. The Labute approximate surface area is 120 Å². The summed E-state index contributed by atoms with van der Waals surface area (Å²) in [6.45, 7) is 8.29. The van der Waals surface area contributed by atoms with E-state index in [2.05, 4.69) is 25.8 Å². The third kappa shape index (κ3) is 12.2. The van der Waals surface area contributed by atoms with E-state index in [-0.39, 0.29) is 0 Å². The maximum atomic E-state index is 5.05. The molecule has 0 aromatic carbocycles. The first-order valence-corrected chi connectivity index (χ1v) is 7.87. The monoisotopic (exact) mass is 267 g/mol. The Hall–Kier alpha value is -0.630. The first-order valence-electron chi connectivity index (χ1n) is 7.87. The molecule has 0 saturated carbocycles. The zero-order chi connectivity index (χ0) is 14.3. The number of unbranched alkanes of at least 4 members (excludes halogenated alkanes) is 6. The number of nitrogens with zero attached hydrogens (tertiary/aromatic N) is 1. The van der Waals surface area contributed by atoms with Crippen LogP contribution in [0.3, 0.4) is 0 Å². The molecule has 0 aromatic rings. The van der Waals surface area contributed by atoms with Crippen molar-refractivity contribution in [2.24, 2.45) is 4.99 Å². The maximum Gasteiger partial charge on any atom is 0.0462 e. The van der Waals surface area contributed by atoms with Gasteiger partial charge in [-0.25, -0.2) is 0 Å². The number of methoxy groups -OCH3 is 1. The lowest BCUT2D eigenvalue weighted by Crippen LogP contribution is -1.89. The van der Waals surface area contributed by atoms with Gasteiger partial charge in [0.1, 0.15) is 0 Å². The smallest absolute Gasteiger partial charge is 0.0462 e. The van der Waals surface area contributed by atoms with Crippen LogP contribution >= 0.6 is 0 Å². The molecule has 0 heterocycles. The third-order valence-electron chi connectivity index (χ3n) is 3.54. The minimum absolute atomic E-state index is 0.883. The molecule has 0 unspecified atom stereocenters. The van der Waals surface area contributed by atoms with Crippen LogP contribution in [0.15, 0.2) is 16.1 Å². The van der Waals surface area contributed by atoms with Gasteiger partial charge >= 0.3 is 0 Å². The second-order valence-corrected chi connectivity index (χ2v) is 5.31. The average Bonchev–Trinajstić information content (AvgIpc) is 2.42. The van der Waals surface area contributed by atoms with Crippen molar-refractivity contribution in [3.05, 3.63) is 11.1 Å². The molecule has 112 valence electrons. The predicted molar refractivity (Wildman–Crippen MR) is 86.2 cm³/mol. The van der Waals surface area contributed by atoms with Crippen LogP contribution < -0.4 is 0 Å². The Kier molecular flexibility index (Phi) is 13.3. The molecule has 0 aliphatic carbocycles. The summed E-state index contributed by atoms with van der Waals surface area (Å²) in [5.74, 6) is 0. The second-order valence-electron chi connectivity index (χ2n) is 5.31. The summed E-state index contributed by atoms with van der Waals surface area (Å²) in [5.41, 5.74) is 2.85. The van der Waals surface area contributed by atoms with Crippen LogP contribution in [0.5, 0.6) is 0 Å². The van der Waals surface area contributed by atoms with Crippen LogP contribution in [-0.2, 0) is 4.74 Å². The molecule has 0 spiro atoms. The molecule has 19 heavy (non-hydrogen) atoms. The number of aliphatic imine (C=N–C) groups is 1. The van der Waals surface area contributed by atoms with Crippen molar-refractivity contribution in [1.29, 1.82) is 0 Å². The van der Waals surface area contributed by atoms with Gasteiger partial charge in [0.25, 0.3) is 0 Å². The molecular formula is C17H33NO. The van der Waals surface area contributed by atoms with E-state index >= 15 is 0 Å². The van der Waals surface area contributed by atoms with Crippen molar-refractivity contribution in [2.75, 3.05) is 20.3 Å². The Morgan fingerprint density at radius 1 is 0.947 bits per heavy atom. The van der Waals surface area contributed by atoms with Crippen LogP contribution in [0.2, 0.25) is 0 Å². The molecule has 2 heteroatoms. The summed E-state index contributed by atoms with van der Waals surface area (Å²) in [6, 6.07) is 0. The third-order valence-corrected chi connectivity index (χ3v) is 3.54. The van der Waals surface area contributed by atoms with Gasteiger partial charge in [0.15, 0.2) is 0 Å². The molecule has 0 amide bonds. The van der Waals surface area contributed by atoms with Gasteiger partial charge in [-0.2, -0.15) is 0 Å². The van der Waals surface area contributed by atoms with Crippen molar-refractivity contribution in [3.63, 3.8) is 0 Å². The average molecular weight is 267 g/mol. The zero-order valence-electron chi connectivity index (χ0n) is 13.5. The van der Waals surface area contributed by atoms with Gasteiger partial charge in [-0.1, -0.05) is 37.7 Å². The number of allylic oxidation sites excluding steroid dienone is 2. The van der Waals surface area contributed by atoms with E-state index in [1.54, 1.807) is 7.11 Å². The van der Waals surface area contributed by atoms with Gasteiger partial charge in [0.05, 0.1) is 0 Å². The Balaban J connectivity index is 3.45. The topological polar surface area (TPSA) is 21.6 Å². The second kappa shape index (κ2) is 13.8. The van der Waals surface area contributed by atoms with Gasteiger partial charge in [-0.05, 0) is 45.6 Å². The lowest BCUT2D eigenvalue weighted by atomic mass is 10.0. The fraction of sp³-hybridized carbons (Fsp3) is 0.824. The molecule has 0 bridgehead atoms. The van der Waals surface area contributed by atoms with Gasteiger partial charge in [-0.15, -0.1) is 0 Å². The number of hydrogen-bond acceptors (Lipinski definition) is 2. The molecule has 0 radical (unpaired) electrons. The van der Waals surface area contributed by atoms with E-state index in [4.69, 9.17) is 4.74 Å². The normalized spacial score (nSPS) is 13.1. The fourth-order valence-corrected chi connectivity index (χ4v) is 2.06. The first kappa shape index (κ1) is 18.4. The van der Waals surface area contributed by atoms with Crippen LogP contribution in [-0.4, -0.2) is 26.5 Å². The van der Waals surface area contributed by atoms with E-state index in [9.17, 15) is 0 Å². The highest BCUT2D eigenvalue weighted by Gasteiger charge is 1.96. The highest BCUT2D eigenvalue weighted by Crippen LogP contribution is 2.14. The highest BCUT2D eigenvalue weighted by atomic mass is 16.5. The van der Waals surface area contributed by atoms with E-state index in [0.717, 1.165) is 13.2 Å². The number of hydrogen-bond donors (Lipinski definition) is 0. The quantitative estimate of drug-likeness (QED) is 0.352. The summed E-state index contributed by atoms with van der Waals surface area (Å²) in [6.07, 6.45) is 12.6. The van der Waals surface area contributed by atoms with Crippen LogP contribution in [0.25, 0.3) is 0 Å². The summed E-state index contributed by atoms with van der Waals surface area (Å²) < 4.78 is 5.05.